The highest BCUT2D eigenvalue weighted by Crippen LogP contribution is 2.30. The highest BCUT2D eigenvalue weighted by molar-refractivity contribution is 5.77. The fourth-order valence-corrected chi connectivity index (χ4v) is 1.56. The maximum atomic E-state index is 12.5. The van der Waals surface area contributed by atoms with Crippen LogP contribution in [0.4, 0.5) is 13.2 Å². The Morgan fingerprint density at radius 2 is 2.00 bits per heavy atom. The van der Waals surface area contributed by atoms with Crippen molar-refractivity contribution in [3.05, 3.63) is 30.0 Å². The molecule has 0 atom stereocenters. The van der Waals surface area contributed by atoms with Crippen LogP contribution in [0.2, 0.25) is 0 Å². The molecular weight excluding hydrogens is 235 g/mol. The summed E-state index contributed by atoms with van der Waals surface area (Å²) in [5.74, 6) is 0. The highest BCUT2D eigenvalue weighted by Gasteiger charge is 2.30. The minimum Gasteiger partial charge on any atom is -0.251 e. The molecule has 0 spiro atoms. The molecule has 0 amide bonds. The molecule has 8 heteroatoms. The van der Waals surface area contributed by atoms with E-state index in [2.05, 4.69) is 20.5 Å². The number of hydrogen-bond donors (Lipinski definition) is 0. The first kappa shape index (κ1) is 9.94. The molecule has 1 aromatic carbocycles. The monoisotopic (exact) mass is 239 g/mol. The second-order valence-corrected chi connectivity index (χ2v) is 3.41. The molecule has 3 aromatic rings. The van der Waals surface area contributed by atoms with Gasteiger partial charge in [-0.1, -0.05) is 0 Å². The van der Waals surface area contributed by atoms with Gasteiger partial charge in [-0.15, -0.1) is 5.10 Å². The van der Waals surface area contributed by atoms with Crippen LogP contribution < -0.4 is 0 Å². The van der Waals surface area contributed by atoms with E-state index >= 15 is 0 Å². The van der Waals surface area contributed by atoms with Gasteiger partial charge in [0.15, 0.2) is 5.65 Å². The second kappa shape index (κ2) is 3.12. The molecule has 0 aliphatic carbocycles. The lowest BCUT2D eigenvalue weighted by Crippen LogP contribution is -2.05. The molecule has 17 heavy (non-hydrogen) atoms. The van der Waals surface area contributed by atoms with Crippen LogP contribution in [0.3, 0.4) is 0 Å². The topological polar surface area (TPSA) is 56.0 Å². The van der Waals surface area contributed by atoms with Crippen LogP contribution in [0.5, 0.6) is 0 Å². The first-order valence-corrected chi connectivity index (χ1v) is 4.60. The standard InChI is InChI=1S/C9H4F3N5/c10-9(11,12)5-1-2-7-6(3-5)13-4-8-14-15-16-17(7)8/h1-4H. The van der Waals surface area contributed by atoms with Crippen molar-refractivity contribution in [3.8, 4) is 0 Å². The molecule has 5 nitrogen and oxygen atoms in total. The molecule has 0 saturated heterocycles. The zero-order chi connectivity index (χ0) is 12.0. The van der Waals surface area contributed by atoms with E-state index in [4.69, 9.17) is 0 Å². The van der Waals surface area contributed by atoms with Gasteiger partial charge in [-0.05, 0) is 28.6 Å². The van der Waals surface area contributed by atoms with E-state index in [0.717, 1.165) is 12.1 Å². The SMILES string of the molecule is FC(F)(F)c1ccc2c(c1)ncc1nnnn12. The van der Waals surface area contributed by atoms with Crippen molar-refractivity contribution in [2.24, 2.45) is 0 Å². The average Bonchev–Trinajstić information content (AvgIpc) is 2.75. The van der Waals surface area contributed by atoms with E-state index < -0.39 is 11.7 Å². The second-order valence-electron chi connectivity index (χ2n) is 3.41. The first-order valence-electron chi connectivity index (χ1n) is 4.60. The summed E-state index contributed by atoms with van der Waals surface area (Å²) in [5.41, 5.74) is 0.266. The summed E-state index contributed by atoms with van der Waals surface area (Å²) >= 11 is 0. The third kappa shape index (κ3) is 1.49. The van der Waals surface area contributed by atoms with Gasteiger partial charge in [0.2, 0.25) is 0 Å². The Morgan fingerprint density at radius 3 is 2.76 bits per heavy atom. The molecule has 86 valence electrons. The molecule has 2 aromatic heterocycles. The zero-order valence-electron chi connectivity index (χ0n) is 8.18. The van der Waals surface area contributed by atoms with E-state index in [0.29, 0.717) is 11.2 Å². The number of fused-ring (bicyclic) bond motifs is 3. The maximum Gasteiger partial charge on any atom is 0.416 e. The van der Waals surface area contributed by atoms with E-state index in [1.54, 1.807) is 0 Å². The molecule has 0 bridgehead atoms. The quantitative estimate of drug-likeness (QED) is 0.599. The van der Waals surface area contributed by atoms with E-state index in [9.17, 15) is 13.2 Å². The first-order chi connectivity index (χ1) is 8.05. The lowest BCUT2D eigenvalue weighted by Gasteiger charge is -2.07. The number of rotatable bonds is 0. The van der Waals surface area contributed by atoms with E-state index in [1.165, 1.54) is 16.8 Å². The molecule has 0 aliphatic rings. The van der Waals surface area contributed by atoms with Crippen LogP contribution in [0.1, 0.15) is 5.56 Å². The van der Waals surface area contributed by atoms with Crippen molar-refractivity contribution >= 4 is 16.7 Å². The van der Waals surface area contributed by atoms with Gasteiger partial charge >= 0.3 is 6.18 Å². The number of nitrogens with zero attached hydrogens (tertiary/aromatic N) is 5. The summed E-state index contributed by atoms with van der Waals surface area (Å²) in [7, 11) is 0. The van der Waals surface area contributed by atoms with Gasteiger partial charge in [0, 0.05) is 0 Å². The summed E-state index contributed by atoms with van der Waals surface area (Å²) < 4.78 is 38.8. The van der Waals surface area contributed by atoms with Crippen molar-refractivity contribution in [2.75, 3.05) is 0 Å². The number of alkyl halides is 3. The van der Waals surface area contributed by atoms with Gasteiger partial charge in [-0.3, -0.25) is 4.98 Å². The van der Waals surface area contributed by atoms with Crippen LogP contribution >= 0.6 is 0 Å². The number of tetrazole rings is 1. The maximum absolute atomic E-state index is 12.5. The number of benzene rings is 1. The van der Waals surface area contributed by atoms with Gasteiger partial charge in [-0.25, -0.2) is 0 Å². The van der Waals surface area contributed by atoms with Crippen molar-refractivity contribution in [1.29, 1.82) is 0 Å². The Hall–Kier alpha value is -2.25. The lowest BCUT2D eigenvalue weighted by atomic mass is 10.2. The molecule has 3 rings (SSSR count). The van der Waals surface area contributed by atoms with Crippen molar-refractivity contribution in [3.63, 3.8) is 0 Å². The molecule has 0 unspecified atom stereocenters. The molecule has 2 heterocycles. The van der Waals surface area contributed by atoms with Gasteiger partial charge in [0.1, 0.15) is 0 Å². The molecule has 0 fully saturated rings. The van der Waals surface area contributed by atoms with E-state index in [-0.39, 0.29) is 5.52 Å². The smallest absolute Gasteiger partial charge is 0.251 e. The van der Waals surface area contributed by atoms with Crippen LogP contribution in [0, 0.1) is 0 Å². The van der Waals surface area contributed by atoms with Crippen LogP contribution in [-0.2, 0) is 6.18 Å². The molecule has 0 radical (unpaired) electrons. The van der Waals surface area contributed by atoms with Crippen LogP contribution in [-0.4, -0.2) is 25.0 Å². The third-order valence-electron chi connectivity index (χ3n) is 2.34. The Labute approximate surface area is 91.9 Å². The van der Waals surface area contributed by atoms with Gasteiger partial charge in [0.25, 0.3) is 0 Å². The molecule has 0 aliphatic heterocycles. The minimum atomic E-state index is -4.38. The van der Waals surface area contributed by atoms with Crippen LogP contribution in [0.15, 0.2) is 24.4 Å². The predicted octanol–water partition coefficient (Wildman–Crippen LogP) is 1.69. The Bertz CT molecular complexity index is 702. The van der Waals surface area contributed by atoms with Crippen molar-refractivity contribution < 1.29 is 13.2 Å². The Morgan fingerprint density at radius 1 is 1.18 bits per heavy atom. The summed E-state index contributed by atoms with van der Waals surface area (Å²) in [6.07, 6.45) is -3.06. The summed E-state index contributed by atoms with van der Waals surface area (Å²) in [5, 5.41) is 10.8. The van der Waals surface area contributed by atoms with Crippen molar-refractivity contribution in [1.82, 2.24) is 25.0 Å². The fraction of sp³-hybridized carbons (Fsp3) is 0.111. The highest BCUT2D eigenvalue weighted by atomic mass is 19.4. The number of aromatic nitrogens is 5. The average molecular weight is 239 g/mol. The van der Waals surface area contributed by atoms with Crippen LogP contribution in [0.25, 0.3) is 16.7 Å². The number of hydrogen-bond acceptors (Lipinski definition) is 4. The third-order valence-corrected chi connectivity index (χ3v) is 2.34. The zero-order valence-corrected chi connectivity index (χ0v) is 8.18. The fourth-order valence-electron chi connectivity index (χ4n) is 1.56. The van der Waals surface area contributed by atoms with Gasteiger partial charge in [-0.2, -0.15) is 17.7 Å². The number of halogens is 3. The van der Waals surface area contributed by atoms with E-state index in [1.807, 2.05) is 0 Å². The largest absolute Gasteiger partial charge is 0.416 e. The van der Waals surface area contributed by atoms with Gasteiger partial charge in [0.05, 0.1) is 22.8 Å². The Balaban J connectivity index is 2.34. The van der Waals surface area contributed by atoms with Gasteiger partial charge < -0.3 is 0 Å². The Kier molecular flexibility index (Phi) is 1.83. The minimum absolute atomic E-state index is 0.194. The lowest BCUT2D eigenvalue weighted by molar-refractivity contribution is -0.137. The normalized spacial score (nSPS) is 12.4. The summed E-state index contributed by atoms with van der Waals surface area (Å²) in [4.78, 5) is 3.89. The predicted molar refractivity (Wildman–Crippen MR) is 51.1 cm³/mol. The van der Waals surface area contributed by atoms with Crippen molar-refractivity contribution in [2.45, 2.75) is 6.18 Å². The summed E-state index contributed by atoms with van der Waals surface area (Å²) in [6.45, 7) is 0. The molecular formula is C9H4F3N5. The molecule has 0 saturated carbocycles. The molecule has 0 N–H and O–H groups in total. The summed E-state index contributed by atoms with van der Waals surface area (Å²) in [6, 6.07) is 3.25.